The van der Waals surface area contributed by atoms with Crippen molar-refractivity contribution >= 4 is 23.5 Å². The molecule has 2 N–H and O–H groups in total. The molecule has 4 rings (SSSR count). The first-order valence-electron chi connectivity index (χ1n) is 13.0. The zero-order valence-electron chi connectivity index (χ0n) is 21.6. The summed E-state index contributed by atoms with van der Waals surface area (Å²) in [5.74, 6) is -1.87. The molecule has 0 radical (unpaired) electrons. The van der Waals surface area contributed by atoms with Gasteiger partial charge in [0.05, 0.1) is 25.2 Å². The number of fused-ring (bicyclic) bond motifs is 1. The van der Waals surface area contributed by atoms with Crippen molar-refractivity contribution in [2.75, 3.05) is 32.2 Å². The smallest absolute Gasteiger partial charge is 0.312 e. The minimum absolute atomic E-state index is 0.0308. The fourth-order valence-electron chi connectivity index (χ4n) is 6.50. The molecule has 198 valence electrons. The number of likely N-dealkylation sites (tertiary alicyclic amines) is 1. The van der Waals surface area contributed by atoms with Crippen LogP contribution in [0, 0.1) is 17.8 Å². The molecule has 3 unspecified atom stereocenters. The van der Waals surface area contributed by atoms with Crippen LogP contribution >= 0.6 is 0 Å². The summed E-state index contributed by atoms with van der Waals surface area (Å²) < 4.78 is 17.2. The van der Waals surface area contributed by atoms with Crippen LogP contribution in [0.15, 0.2) is 24.3 Å². The largest absolute Gasteiger partial charge is 0.497 e. The summed E-state index contributed by atoms with van der Waals surface area (Å²) in [5, 5.41) is 12.0. The van der Waals surface area contributed by atoms with E-state index in [2.05, 4.69) is 5.32 Å². The van der Waals surface area contributed by atoms with Gasteiger partial charge in [-0.2, -0.15) is 0 Å². The lowest BCUT2D eigenvalue weighted by atomic mass is 9.62. The molecule has 3 aliphatic heterocycles. The van der Waals surface area contributed by atoms with E-state index in [4.69, 9.17) is 19.3 Å². The van der Waals surface area contributed by atoms with Crippen LogP contribution < -0.4 is 10.1 Å². The number of nitrogens with one attached hydrogen (secondary N) is 1. The molecule has 3 aliphatic rings. The molecule has 3 saturated heterocycles. The number of ether oxygens (including phenoxy) is 3. The number of aliphatic hydroxyl groups is 1. The molecule has 0 aromatic heterocycles. The Morgan fingerprint density at radius 2 is 1.89 bits per heavy atom. The number of amides is 2. The van der Waals surface area contributed by atoms with Crippen LogP contribution in [0.2, 0.25) is 0 Å². The van der Waals surface area contributed by atoms with Crippen molar-refractivity contribution in [3.63, 3.8) is 0 Å². The summed E-state index contributed by atoms with van der Waals surface area (Å²) in [4.78, 5) is 42.5. The first kappa shape index (κ1) is 26.4. The van der Waals surface area contributed by atoms with Crippen LogP contribution in [-0.2, 0) is 23.9 Å². The molecule has 9 heteroatoms. The maximum atomic E-state index is 13.9. The Balaban J connectivity index is 1.66. The van der Waals surface area contributed by atoms with Crippen LogP contribution in [0.4, 0.5) is 5.69 Å². The van der Waals surface area contributed by atoms with Gasteiger partial charge in [-0.3, -0.25) is 14.4 Å². The monoisotopic (exact) mass is 502 g/mol. The van der Waals surface area contributed by atoms with Crippen molar-refractivity contribution in [1.82, 2.24) is 4.90 Å². The van der Waals surface area contributed by atoms with E-state index in [-0.39, 0.29) is 30.9 Å². The molecule has 9 nitrogen and oxygen atoms in total. The van der Waals surface area contributed by atoms with Crippen LogP contribution in [0.1, 0.15) is 52.9 Å². The van der Waals surface area contributed by atoms with Crippen molar-refractivity contribution in [2.24, 2.45) is 17.8 Å². The molecule has 1 spiro atoms. The van der Waals surface area contributed by atoms with Gasteiger partial charge in [0.25, 0.3) is 0 Å². The molecule has 0 saturated carbocycles. The van der Waals surface area contributed by atoms with Crippen molar-refractivity contribution in [3.8, 4) is 5.75 Å². The molecule has 3 heterocycles. The fraction of sp³-hybridized carbons (Fsp3) is 0.667. The lowest BCUT2D eigenvalue weighted by Crippen LogP contribution is -2.54. The molecule has 1 aromatic carbocycles. The van der Waals surface area contributed by atoms with Gasteiger partial charge in [0.15, 0.2) is 0 Å². The molecule has 36 heavy (non-hydrogen) atoms. The van der Waals surface area contributed by atoms with Gasteiger partial charge in [-0.1, -0.05) is 19.8 Å². The Kier molecular flexibility index (Phi) is 7.61. The highest BCUT2D eigenvalue weighted by Crippen LogP contribution is 2.65. The summed E-state index contributed by atoms with van der Waals surface area (Å²) in [6.45, 7) is 6.35. The normalized spacial score (nSPS) is 32.5. The van der Waals surface area contributed by atoms with E-state index in [1.165, 1.54) is 0 Å². The summed E-state index contributed by atoms with van der Waals surface area (Å²) in [7, 11) is 1.57. The molecule has 6 atom stereocenters. The lowest BCUT2D eigenvalue weighted by molar-refractivity contribution is -0.160. The summed E-state index contributed by atoms with van der Waals surface area (Å²) in [6.07, 6.45) is 3.57. The zero-order chi connectivity index (χ0) is 26.1. The maximum Gasteiger partial charge on any atom is 0.312 e. The Morgan fingerprint density at radius 1 is 1.19 bits per heavy atom. The number of carbonyl (C=O) groups is 3. The number of rotatable bonds is 11. The van der Waals surface area contributed by atoms with E-state index in [1.807, 2.05) is 13.8 Å². The van der Waals surface area contributed by atoms with Crippen LogP contribution in [0.5, 0.6) is 5.75 Å². The predicted octanol–water partition coefficient (Wildman–Crippen LogP) is 2.76. The van der Waals surface area contributed by atoms with Gasteiger partial charge < -0.3 is 29.5 Å². The van der Waals surface area contributed by atoms with Gasteiger partial charge in [0.1, 0.15) is 23.3 Å². The van der Waals surface area contributed by atoms with Gasteiger partial charge >= 0.3 is 5.97 Å². The number of nitrogens with zero attached hydrogens (tertiary/aromatic N) is 1. The molecule has 3 fully saturated rings. The SMILES string of the molecule is CCOC(=O)[C@@H]1[C@H]2C(=O)N(CCCCCCO)C(C(=O)Nc3ccc(OC)cc3)C23CC(C)[C@@]1(C)O3. The number of hydrogen-bond donors (Lipinski definition) is 2. The third-order valence-corrected chi connectivity index (χ3v) is 8.27. The van der Waals surface area contributed by atoms with Gasteiger partial charge in [-0.25, -0.2) is 0 Å². The summed E-state index contributed by atoms with van der Waals surface area (Å²) in [5.41, 5.74) is -1.38. The van der Waals surface area contributed by atoms with Crippen molar-refractivity contribution in [3.05, 3.63) is 24.3 Å². The van der Waals surface area contributed by atoms with Crippen molar-refractivity contribution in [1.29, 1.82) is 0 Å². The van der Waals surface area contributed by atoms with E-state index in [0.29, 0.717) is 37.2 Å². The third-order valence-electron chi connectivity index (χ3n) is 8.27. The maximum absolute atomic E-state index is 13.9. The minimum Gasteiger partial charge on any atom is -0.497 e. The van der Waals surface area contributed by atoms with Crippen LogP contribution in [0.25, 0.3) is 0 Å². The quantitative estimate of drug-likeness (QED) is 0.353. The summed E-state index contributed by atoms with van der Waals surface area (Å²) >= 11 is 0. The van der Waals surface area contributed by atoms with E-state index in [1.54, 1.807) is 43.2 Å². The number of aliphatic hydroxyl groups excluding tert-OH is 1. The number of unbranched alkanes of at least 4 members (excludes halogenated alkanes) is 3. The number of benzene rings is 1. The van der Waals surface area contributed by atoms with E-state index >= 15 is 0 Å². The Bertz CT molecular complexity index is 983. The topological polar surface area (TPSA) is 114 Å². The second-order valence-corrected chi connectivity index (χ2v) is 10.3. The van der Waals surface area contributed by atoms with Crippen molar-refractivity contribution < 1.29 is 33.7 Å². The average molecular weight is 503 g/mol. The van der Waals surface area contributed by atoms with E-state index < -0.39 is 35.0 Å². The highest BCUT2D eigenvalue weighted by molar-refractivity contribution is 6.03. The number of hydrogen-bond acceptors (Lipinski definition) is 7. The Hall–Kier alpha value is -2.65. The molecule has 2 bridgehead atoms. The van der Waals surface area contributed by atoms with Gasteiger partial charge in [0.2, 0.25) is 11.8 Å². The standard InChI is InChI=1S/C27H38N2O7/c1-5-35-25(33)21-20-24(32)29(14-8-6-7-9-15-30)22(27(20)16-17(2)26(21,3)36-27)23(31)28-18-10-12-19(34-4)13-11-18/h10-13,17,20-22,30H,5-9,14-16H2,1-4H3,(H,28,31)/t17?,20-,21-,22?,26+,27?/m0/s1. The first-order valence-corrected chi connectivity index (χ1v) is 13.0. The van der Waals surface area contributed by atoms with Crippen LogP contribution in [0.3, 0.4) is 0 Å². The summed E-state index contributed by atoms with van der Waals surface area (Å²) in [6, 6.07) is 6.15. The Labute approximate surface area is 212 Å². The van der Waals surface area contributed by atoms with E-state index in [9.17, 15) is 14.4 Å². The number of methoxy groups -OCH3 is 1. The average Bonchev–Trinajstić information content (AvgIpc) is 3.36. The Morgan fingerprint density at radius 3 is 2.53 bits per heavy atom. The molecular formula is C27H38N2O7. The highest BCUT2D eigenvalue weighted by Gasteiger charge is 2.80. The second kappa shape index (κ2) is 10.4. The number of anilines is 1. The number of esters is 1. The minimum atomic E-state index is -1.09. The fourth-order valence-corrected chi connectivity index (χ4v) is 6.50. The molecular weight excluding hydrogens is 464 g/mol. The van der Waals surface area contributed by atoms with Crippen molar-refractivity contribution in [2.45, 2.75) is 70.1 Å². The number of carbonyl (C=O) groups excluding carboxylic acids is 3. The first-order chi connectivity index (χ1) is 17.2. The predicted molar refractivity (Wildman–Crippen MR) is 132 cm³/mol. The van der Waals surface area contributed by atoms with Gasteiger partial charge in [-0.05, 0) is 63.3 Å². The lowest BCUT2D eigenvalue weighted by Gasteiger charge is -2.35. The van der Waals surface area contributed by atoms with Gasteiger partial charge in [0, 0.05) is 18.8 Å². The molecule has 0 aliphatic carbocycles. The second-order valence-electron chi connectivity index (χ2n) is 10.3. The van der Waals surface area contributed by atoms with Gasteiger partial charge in [-0.15, -0.1) is 0 Å². The van der Waals surface area contributed by atoms with Crippen LogP contribution in [-0.4, -0.2) is 71.9 Å². The highest BCUT2D eigenvalue weighted by atomic mass is 16.6. The zero-order valence-corrected chi connectivity index (χ0v) is 21.6. The van der Waals surface area contributed by atoms with E-state index in [0.717, 1.165) is 12.8 Å². The molecule has 2 amide bonds. The third kappa shape index (κ3) is 4.26. The molecule has 1 aromatic rings.